The smallest absolute Gasteiger partial charge is 0.329 e. The molecule has 0 fully saturated rings. The highest BCUT2D eigenvalue weighted by molar-refractivity contribution is 9.10. The third-order valence-electron chi connectivity index (χ3n) is 3.01. The Balaban J connectivity index is 2.92. The van der Waals surface area contributed by atoms with Crippen LogP contribution in [0.15, 0.2) is 22.7 Å². The van der Waals surface area contributed by atoms with Gasteiger partial charge < -0.3 is 15.3 Å². The summed E-state index contributed by atoms with van der Waals surface area (Å²) >= 11 is 3.24. The van der Waals surface area contributed by atoms with Crippen LogP contribution < -0.4 is 5.32 Å². The number of hydrogen-bond donors (Lipinski definition) is 2. The maximum Gasteiger partial charge on any atom is 0.329 e. The number of likely N-dealkylation sites (N-methyl/N-ethyl adjacent to an activating group) is 1. The Labute approximate surface area is 125 Å². The van der Waals surface area contributed by atoms with Crippen LogP contribution in [-0.2, 0) is 4.79 Å². The van der Waals surface area contributed by atoms with E-state index in [4.69, 9.17) is 10.4 Å². The van der Waals surface area contributed by atoms with Gasteiger partial charge >= 0.3 is 12.0 Å². The van der Waals surface area contributed by atoms with Crippen molar-refractivity contribution in [1.82, 2.24) is 4.90 Å². The molecule has 2 amide bonds. The minimum Gasteiger partial charge on any atom is -0.480 e. The summed E-state index contributed by atoms with van der Waals surface area (Å²) in [6.07, 6.45) is 0. The van der Waals surface area contributed by atoms with Crippen LogP contribution in [0.25, 0.3) is 0 Å². The molecule has 0 spiro atoms. The van der Waals surface area contributed by atoms with Gasteiger partial charge in [-0.25, -0.2) is 9.59 Å². The average molecular weight is 340 g/mol. The summed E-state index contributed by atoms with van der Waals surface area (Å²) in [4.78, 5) is 24.2. The molecule has 0 unspecified atom stereocenters. The Hall–Kier alpha value is -2.07. The summed E-state index contributed by atoms with van der Waals surface area (Å²) in [5.74, 6) is -1.10. The number of hydrogen-bond acceptors (Lipinski definition) is 3. The summed E-state index contributed by atoms with van der Waals surface area (Å²) in [6.45, 7) is 2.87. The number of rotatable bonds is 3. The van der Waals surface area contributed by atoms with Crippen LogP contribution in [0.5, 0.6) is 0 Å². The molecular formula is C13H14BrN3O3. The molecule has 1 aromatic rings. The maximum atomic E-state index is 12.0. The van der Waals surface area contributed by atoms with Crippen molar-refractivity contribution in [1.29, 1.82) is 5.26 Å². The average Bonchev–Trinajstić information content (AvgIpc) is 2.39. The first-order valence-corrected chi connectivity index (χ1v) is 6.47. The molecule has 0 radical (unpaired) electrons. The molecule has 0 atom stereocenters. The molecule has 0 bridgehead atoms. The van der Waals surface area contributed by atoms with E-state index in [1.165, 1.54) is 20.9 Å². The van der Waals surface area contributed by atoms with Gasteiger partial charge in [-0.2, -0.15) is 5.26 Å². The number of amides is 2. The lowest BCUT2D eigenvalue weighted by Crippen LogP contribution is -2.52. The number of urea groups is 1. The fourth-order valence-corrected chi connectivity index (χ4v) is 1.76. The van der Waals surface area contributed by atoms with Gasteiger partial charge in [-0.15, -0.1) is 0 Å². The Morgan fingerprint density at radius 2 is 2.05 bits per heavy atom. The molecule has 20 heavy (non-hydrogen) atoms. The molecule has 2 N–H and O–H groups in total. The molecule has 0 aliphatic rings. The highest BCUT2D eigenvalue weighted by Gasteiger charge is 2.35. The SMILES string of the molecule is CN(C(=O)Nc1ccc(C#N)cc1Br)C(C)(C)C(=O)O. The van der Waals surface area contributed by atoms with Crippen LogP contribution in [-0.4, -0.2) is 34.6 Å². The standard InChI is InChI=1S/C13H14BrN3O3/c1-13(2,11(18)19)17(3)12(20)16-10-5-4-8(7-15)6-9(10)14/h4-6H,1-3H3,(H,16,20)(H,18,19). The fraction of sp³-hybridized carbons (Fsp3) is 0.308. The minimum atomic E-state index is -1.33. The predicted molar refractivity (Wildman–Crippen MR) is 77.4 cm³/mol. The summed E-state index contributed by atoms with van der Waals surface area (Å²) in [6, 6.07) is 6.12. The van der Waals surface area contributed by atoms with E-state index in [0.29, 0.717) is 15.7 Å². The normalized spacial score (nSPS) is 10.6. The number of carbonyl (C=O) groups excluding carboxylic acids is 1. The first kappa shape index (κ1) is 16.0. The second-order valence-corrected chi connectivity index (χ2v) is 5.51. The summed E-state index contributed by atoms with van der Waals surface area (Å²) in [5, 5.41) is 20.4. The van der Waals surface area contributed by atoms with Crippen molar-refractivity contribution in [2.45, 2.75) is 19.4 Å². The molecule has 7 heteroatoms. The highest BCUT2D eigenvalue weighted by atomic mass is 79.9. The molecule has 0 aromatic heterocycles. The van der Waals surface area contributed by atoms with Crippen molar-refractivity contribution in [3.63, 3.8) is 0 Å². The lowest BCUT2D eigenvalue weighted by molar-refractivity contribution is -0.146. The molecule has 1 rings (SSSR count). The highest BCUT2D eigenvalue weighted by Crippen LogP contribution is 2.24. The fourth-order valence-electron chi connectivity index (χ4n) is 1.28. The Morgan fingerprint density at radius 1 is 1.45 bits per heavy atom. The van der Waals surface area contributed by atoms with Crippen molar-refractivity contribution >= 4 is 33.6 Å². The second-order valence-electron chi connectivity index (χ2n) is 4.66. The van der Waals surface area contributed by atoms with E-state index in [0.717, 1.165) is 4.90 Å². The number of nitriles is 1. The van der Waals surface area contributed by atoms with Crippen molar-refractivity contribution in [2.75, 3.05) is 12.4 Å². The van der Waals surface area contributed by atoms with Crippen LogP contribution in [0.2, 0.25) is 0 Å². The topological polar surface area (TPSA) is 93.4 Å². The summed E-state index contributed by atoms with van der Waals surface area (Å²) in [5.41, 5.74) is -0.417. The zero-order valence-corrected chi connectivity index (χ0v) is 12.9. The van der Waals surface area contributed by atoms with Crippen molar-refractivity contribution < 1.29 is 14.7 Å². The quantitative estimate of drug-likeness (QED) is 0.885. The van der Waals surface area contributed by atoms with Gasteiger partial charge in [0.25, 0.3) is 0 Å². The number of anilines is 1. The van der Waals surface area contributed by atoms with E-state index in [9.17, 15) is 9.59 Å². The lowest BCUT2D eigenvalue weighted by Gasteiger charge is -2.31. The zero-order chi connectivity index (χ0) is 15.5. The summed E-state index contributed by atoms with van der Waals surface area (Å²) < 4.78 is 0.548. The molecular weight excluding hydrogens is 326 g/mol. The molecule has 1 aromatic carbocycles. The molecule has 0 saturated heterocycles. The maximum absolute atomic E-state index is 12.0. The van der Waals surface area contributed by atoms with Crippen molar-refractivity contribution in [3.8, 4) is 6.07 Å². The predicted octanol–water partition coefficient (Wildman–Crippen LogP) is 2.65. The third-order valence-corrected chi connectivity index (χ3v) is 3.66. The van der Waals surface area contributed by atoms with Crippen molar-refractivity contribution in [3.05, 3.63) is 28.2 Å². The van der Waals surface area contributed by atoms with Gasteiger partial charge in [-0.3, -0.25) is 0 Å². The van der Waals surface area contributed by atoms with E-state index in [1.807, 2.05) is 6.07 Å². The minimum absolute atomic E-state index is 0.453. The Morgan fingerprint density at radius 3 is 2.50 bits per heavy atom. The van der Waals surface area contributed by atoms with Crippen molar-refractivity contribution in [2.24, 2.45) is 0 Å². The van der Waals surface area contributed by atoms with Gasteiger partial charge in [-0.1, -0.05) is 0 Å². The van der Waals surface area contributed by atoms with E-state index >= 15 is 0 Å². The summed E-state index contributed by atoms with van der Waals surface area (Å²) in [7, 11) is 1.40. The van der Waals surface area contributed by atoms with Crippen LogP contribution in [0.1, 0.15) is 19.4 Å². The zero-order valence-electron chi connectivity index (χ0n) is 11.3. The Kier molecular flexibility index (Phi) is 4.73. The van der Waals surface area contributed by atoms with E-state index in [1.54, 1.807) is 18.2 Å². The number of carbonyl (C=O) groups is 2. The number of halogens is 1. The Bertz CT molecular complexity index is 593. The molecule has 0 saturated carbocycles. The lowest BCUT2D eigenvalue weighted by atomic mass is 10.1. The monoisotopic (exact) mass is 339 g/mol. The number of benzene rings is 1. The van der Waals surface area contributed by atoms with Gasteiger partial charge in [0, 0.05) is 11.5 Å². The van der Waals surface area contributed by atoms with Crippen LogP contribution >= 0.6 is 15.9 Å². The number of carboxylic acid groups (broad SMARTS) is 1. The largest absolute Gasteiger partial charge is 0.480 e. The van der Waals surface area contributed by atoms with Crippen LogP contribution in [0, 0.1) is 11.3 Å². The van der Waals surface area contributed by atoms with E-state index in [2.05, 4.69) is 21.2 Å². The van der Waals surface area contributed by atoms with Crippen LogP contribution in [0.4, 0.5) is 10.5 Å². The van der Waals surface area contributed by atoms with Gasteiger partial charge in [0.15, 0.2) is 0 Å². The number of aliphatic carboxylic acids is 1. The van der Waals surface area contributed by atoms with Gasteiger partial charge in [-0.05, 0) is 48.0 Å². The van der Waals surface area contributed by atoms with Gasteiger partial charge in [0.2, 0.25) is 0 Å². The number of carboxylic acids is 1. The molecule has 6 nitrogen and oxygen atoms in total. The molecule has 106 valence electrons. The van der Waals surface area contributed by atoms with Gasteiger partial charge in [0.05, 0.1) is 17.3 Å². The van der Waals surface area contributed by atoms with Crippen LogP contribution in [0.3, 0.4) is 0 Å². The molecule has 0 aliphatic carbocycles. The molecule has 0 heterocycles. The number of nitrogens with one attached hydrogen (secondary N) is 1. The molecule has 0 aliphatic heterocycles. The van der Waals surface area contributed by atoms with E-state index < -0.39 is 17.5 Å². The third kappa shape index (κ3) is 3.27. The van der Waals surface area contributed by atoms with Gasteiger partial charge in [0.1, 0.15) is 5.54 Å². The second kappa shape index (κ2) is 5.92. The van der Waals surface area contributed by atoms with E-state index in [-0.39, 0.29) is 0 Å². The first-order valence-electron chi connectivity index (χ1n) is 5.68. The first-order chi connectivity index (χ1) is 9.20. The number of nitrogens with zero attached hydrogens (tertiary/aromatic N) is 2.